The number of alkyl halides is 3. The Balaban J connectivity index is 2.51. The minimum atomic E-state index is -4.97. The van der Waals surface area contributed by atoms with E-state index in [4.69, 9.17) is 15.3 Å². The fraction of sp³-hybridized carbons (Fsp3) is 0.0588. The van der Waals surface area contributed by atoms with Gasteiger partial charge in [-0.2, -0.15) is 23.7 Å². The number of hydrogen-bond acceptors (Lipinski definition) is 4. The number of anilines is 1. The standard InChI is InChI=1S/C17H6BrF6N3O/c18-11-3-10(19)4-14(27-7-8(5-25)6-26)15(11)28-16-12(20)1-9(2-13(16)21)17(22,23)24/h1-4,7,27H. The summed E-state index contributed by atoms with van der Waals surface area (Å²) < 4.78 is 84.5. The maximum Gasteiger partial charge on any atom is 0.416 e. The van der Waals surface area contributed by atoms with Crippen LogP contribution in [0.5, 0.6) is 11.5 Å². The van der Waals surface area contributed by atoms with E-state index in [9.17, 15) is 26.3 Å². The third-order valence-electron chi connectivity index (χ3n) is 3.15. The summed E-state index contributed by atoms with van der Waals surface area (Å²) in [6, 6.07) is 4.84. The van der Waals surface area contributed by atoms with Gasteiger partial charge in [0.15, 0.2) is 23.1 Å². The SMILES string of the molecule is N#CC(C#N)=CNc1cc(F)cc(Br)c1Oc1c(F)cc(C(F)(F)F)cc1F. The first-order chi connectivity index (χ1) is 13.1. The van der Waals surface area contributed by atoms with E-state index in [1.165, 1.54) is 12.1 Å². The van der Waals surface area contributed by atoms with Crippen LogP contribution < -0.4 is 10.1 Å². The summed E-state index contributed by atoms with van der Waals surface area (Å²) in [6.07, 6.45) is -4.09. The Kier molecular flexibility index (Phi) is 6.21. The number of halogens is 7. The van der Waals surface area contributed by atoms with Crippen molar-refractivity contribution in [3.8, 4) is 23.6 Å². The number of nitrogens with one attached hydrogen (secondary N) is 1. The van der Waals surface area contributed by atoms with Gasteiger partial charge < -0.3 is 10.1 Å². The zero-order chi connectivity index (χ0) is 21.1. The topological polar surface area (TPSA) is 68.8 Å². The summed E-state index contributed by atoms with van der Waals surface area (Å²) in [7, 11) is 0. The molecule has 0 bridgehead atoms. The number of benzene rings is 2. The molecule has 0 heterocycles. The van der Waals surface area contributed by atoms with Crippen molar-refractivity contribution in [2.24, 2.45) is 0 Å². The summed E-state index contributed by atoms with van der Waals surface area (Å²) in [5.74, 6) is -5.66. The summed E-state index contributed by atoms with van der Waals surface area (Å²) in [4.78, 5) is 0. The van der Waals surface area contributed by atoms with E-state index in [2.05, 4.69) is 21.2 Å². The fourth-order valence-corrected chi connectivity index (χ4v) is 2.45. The van der Waals surface area contributed by atoms with Gasteiger partial charge >= 0.3 is 6.18 Å². The minimum Gasteiger partial charge on any atom is -0.448 e. The molecule has 2 aromatic carbocycles. The van der Waals surface area contributed by atoms with Gasteiger partial charge in [0.2, 0.25) is 0 Å². The number of ether oxygens (including phenoxy) is 1. The van der Waals surface area contributed by atoms with Crippen LogP contribution >= 0.6 is 15.9 Å². The molecule has 11 heteroatoms. The van der Waals surface area contributed by atoms with Gasteiger partial charge in [0.05, 0.1) is 15.7 Å². The van der Waals surface area contributed by atoms with Gasteiger partial charge in [0.25, 0.3) is 0 Å². The Morgan fingerprint density at radius 1 is 1.00 bits per heavy atom. The Hall–Kier alpha value is -3.18. The number of rotatable bonds is 4. The van der Waals surface area contributed by atoms with Crippen LogP contribution in [0.1, 0.15) is 5.56 Å². The average Bonchev–Trinajstić information content (AvgIpc) is 2.59. The summed E-state index contributed by atoms with van der Waals surface area (Å²) in [5.41, 5.74) is -2.21. The lowest BCUT2D eigenvalue weighted by molar-refractivity contribution is -0.138. The first kappa shape index (κ1) is 21.1. The number of nitrogens with zero attached hydrogens (tertiary/aromatic N) is 2. The molecule has 0 aromatic heterocycles. The maximum atomic E-state index is 14.0. The lowest BCUT2D eigenvalue weighted by Crippen LogP contribution is -2.07. The first-order valence-corrected chi connectivity index (χ1v) is 7.86. The molecule has 0 aliphatic heterocycles. The predicted molar refractivity (Wildman–Crippen MR) is 88.5 cm³/mol. The van der Waals surface area contributed by atoms with E-state index in [1.54, 1.807) is 0 Å². The van der Waals surface area contributed by atoms with Gasteiger partial charge in [-0.1, -0.05) is 0 Å². The van der Waals surface area contributed by atoms with Gasteiger partial charge in [-0.3, -0.25) is 0 Å². The van der Waals surface area contributed by atoms with E-state index < -0.39 is 46.3 Å². The van der Waals surface area contributed by atoms with E-state index in [0.29, 0.717) is 0 Å². The second-order valence-electron chi connectivity index (χ2n) is 5.06. The van der Waals surface area contributed by atoms with Crippen molar-refractivity contribution in [3.63, 3.8) is 0 Å². The molecule has 2 rings (SSSR count). The third-order valence-corrected chi connectivity index (χ3v) is 3.74. The van der Waals surface area contributed by atoms with Crippen LogP contribution in [0.15, 0.2) is 40.5 Å². The molecule has 2 aromatic rings. The summed E-state index contributed by atoms with van der Waals surface area (Å²) in [6.45, 7) is 0. The average molecular weight is 462 g/mol. The highest BCUT2D eigenvalue weighted by Gasteiger charge is 2.33. The zero-order valence-electron chi connectivity index (χ0n) is 13.3. The van der Waals surface area contributed by atoms with Crippen LogP contribution in [-0.2, 0) is 6.18 Å². The van der Waals surface area contributed by atoms with Crippen molar-refractivity contribution in [2.75, 3.05) is 5.32 Å². The zero-order valence-corrected chi connectivity index (χ0v) is 14.9. The van der Waals surface area contributed by atoms with Crippen molar-refractivity contribution < 1.29 is 31.1 Å². The van der Waals surface area contributed by atoms with Crippen molar-refractivity contribution in [1.29, 1.82) is 10.5 Å². The van der Waals surface area contributed by atoms with Gasteiger partial charge in [-0.05, 0) is 34.1 Å². The summed E-state index contributed by atoms with van der Waals surface area (Å²) >= 11 is 2.91. The Bertz CT molecular complexity index is 998. The molecule has 1 N–H and O–H groups in total. The number of hydrogen-bond donors (Lipinski definition) is 1. The molecule has 0 aliphatic carbocycles. The lowest BCUT2D eigenvalue weighted by Gasteiger charge is -2.15. The molecule has 0 radical (unpaired) electrons. The monoisotopic (exact) mass is 461 g/mol. The molecular weight excluding hydrogens is 456 g/mol. The maximum absolute atomic E-state index is 14.0. The summed E-state index contributed by atoms with van der Waals surface area (Å²) in [5, 5.41) is 19.8. The Morgan fingerprint density at radius 2 is 1.57 bits per heavy atom. The second kappa shape index (κ2) is 8.23. The van der Waals surface area contributed by atoms with E-state index in [1.807, 2.05) is 0 Å². The minimum absolute atomic E-state index is 0.0479. The molecule has 0 spiro atoms. The molecule has 0 aliphatic rings. The van der Waals surface area contributed by atoms with Crippen LogP contribution in [0.3, 0.4) is 0 Å². The highest BCUT2D eigenvalue weighted by atomic mass is 79.9. The Morgan fingerprint density at radius 3 is 2.07 bits per heavy atom. The highest BCUT2D eigenvalue weighted by Crippen LogP contribution is 2.41. The predicted octanol–water partition coefficient (Wildman–Crippen LogP) is 6.02. The van der Waals surface area contributed by atoms with Crippen molar-refractivity contribution in [3.05, 3.63) is 63.5 Å². The molecular formula is C17H6BrF6N3O. The van der Waals surface area contributed by atoms with Crippen molar-refractivity contribution in [1.82, 2.24) is 0 Å². The molecule has 0 fully saturated rings. The molecule has 4 nitrogen and oxygen atoms in total. The fourth-order valence-electron chi connectivity index (χ4n) is 1.93. The van der Waals surface area contributed by atoms with Crippen LogP contribution in [0.2, 0.25) is 0 Å². The Labute approximate surface area is 162 Å². The smallest absolute Gasteiger partial charge is 0.416 e. The van der Waals surface area contributed by atoms with E-state index >= 15 is 0 Å². The molecule has 0 atom stereocenters. The molecule has 0 amide bonds. The van der Waals surface area contributed by atoms with Crippen LogP contribution in [0.4, 0.5) is 32.0 Å². The third kappa shape index (κ3) is 4.75. The molecule has 144 valence electrons. The molecule has 0 saturated carbocycles. The van der Waals surface area contributed by atoms with Crippen molar-refractivity contribution >= 4 is 21.6 Å². The van der Waals surface area contributed by atoms with Gasteiger partial charge in [-0.15, -0.1) is 0 Å². The van der Waals surface area contributed by atoms with Crippen molar-refractivity contribution in [2.45, 2.75) is 6.18 Å². The second-order valence-corrected chi connectivity index (χ2v) is 5.91. The first-order valence-electron chi connectivity index (χ1n) is 7.07. The molecule has 28 heavy (non-hydrogen) atoms. The number of nitriles is 2. The quantitative estimate of drug-likeness (QED) is 0.446. The number of allylic oxidation sites excluding steroid dienone is 1. The van der Waals surface area contributed by atoms with E-state index in [0.717, 1.165) is 18.3 Å². The van der Waals surface area contributed by atoms with Crippen LogP contribution in [0.25, 0.3) is 0 Å². The molecule has 0 unspecified atom stereocenters. The van der Waals surface area contributed by atoms with E-state index in [-0.39, 0.29) is 22.3 Å². The largest absolute Gasteiger partial charge is 0.448 e. The van der Waals surface area contributed by atoms with Gasteiger partial charge in [-0.25, -0.2) is 13.2 Å². The molecule has 0 saturated heterocycles. The highest BCUT2D eigenvalue weighted by molar-refractivity contribution is 9.10. The lowest BCUT2D eigenvalue weighted by atomic mass is 10.2. The van der Waals surface area contributed by atoms with Gasteiger partial charge in [0.1, 0.15) is 23.5 Å². The van der Waals surface area contributed by atoms with Gasteiger partial charge in [0, 0.05) is 12.3 Å². The van der Waals surface area contributed by atoms with Crippen LogP contribution in [0, 0.1) is 40.1 Å². The van der Waals surface area contributed by atoms with Crippen LogP contribution in [-0.4, -0.2) is 0 Å². The normalized spacial score (nSPS) is 10.6.